The molecule has 0 radical (unpaired) electrons. The Morgan fingerprint density at radius 2 is 1.64 bits per heavy atom. The smallest absolute Gasteiger partial charge is 0.333 e. The Bertz CT molecular complexity index is 1480. The van der Waals surface area contributed by atoms with Crippen molar-refractivity contribution in [1.29, 1.82) is 0 Å². The molecule has 5 unspecified atom stereocenters. The molecule has 5 atom stereocenters. The third kappa shape index (κ3) is 5.90. The fraction of sp³-hybridized carbons (Fsp3) is 0.778. The Morgan fingerprint density at radius 1 is 1.07 bits per heavy atom. The maximum absolute atomic E-state index is 13.9. The van der Waals surface area contributed by atoms with Gasteiger partial charge in [0, 0.05) is 11.8 Å². The average molecular weight is 646 g/mol. The third-order valence-corrected chi connectivity index (χ3v) is 19.5. The number of nitrogens with zero attached hydrogens (tertiary/aromatic N) is 2. The van der Waals surface area contributed by atoms with Gasteiger partial charge >= 0.3 is 5.69 Å². The molecule has 0 saturated carbocycles. The van der Waals surface area contributed by atoms with Crippen molar-refractivity contribution in [3.63, 3.8) is 0 Å². The molecule has 0 aromatic carbocycles. The van der Waals surface area contributed by atoms with Crippen LogP contribution in [0, 0.1) is 6.92 Å². The minimum absolute atomic E-state index is 0.0439. The largest absolute Gasteiger partial charge is 0.414 e. The second-order valence-electron chi connectivity index (χ2n) is 14.7. The van der Waals surface area contributed by atoms with Gasteiger partial charge in [0.2, 0.25) is 0 Å². The van der Waals surface area contributed by atoms with Gasteiger partial charge in [-0.1, -0.05) is 41.5 Å². The van der Waals surface area contributed by atoms with Crippen LogP contribution in [-0.2, 0) is 39.2 Å². The second-order valence-corrected chi connectivity index (χ2v) is 25.7. The van der Waals surface area contributed by atoms with Crippen molar-refractivity contribution in [2.75, 3.05) is 13.2 Å². The van der Waals surface area contributed by atoms with Gasteiger partial charge in [0.15, 0.2) is 28.5 Å². The number of hydrogen-bond acceptors (Lipinski definition) is 10. The molecule has 2 N–H and O–H groups in total. The lowest BCUT2D eigenvalue weighted by Crippen LogP contribution is -2.59. The Labute approximate surface area is 250 Å². The molecule has 1 aromatic rings. The molecule has 0 aliphatic carbocycles. The first-order valence-electron chi connectivity index (χ1n) is 14.3. The Balaban J connectivity index is 1.92. The van der Waals surface area contributed by atoms with E-state index in [0.29, 0.717) is 12.2 Å². The molecule has 0 bridgehead atoms. The highest BCUT2D eigenvalue weighted by molar-refractivity contribution is 7.90. The number of aromatic nitrogens is 2. The lowest BCUT2D eigenvalue weighted by molar-refractivity contribution is -0.0567. The van der Waals surface area contributed by atoms with Gasteiger partial charge in [0.25, 0.3) is 15.7 Å². The van der Waals surface area contributed by atoms with E-state index < -0.39 is 62.0 Å². The first-order chi connectivity index (χ1) is 18.9. The van der Waals surface area contributed by atoms with Gasteiger partial charge in [-0.3, -0.25) is 13.9 Å². The molecule has 15 heteroatoms. The lowest BCUT2D eigenvalue weighted by atomic mass is 9.89. The molecule has 4 rings (SSSR count). The first kappa shape index (κ1) is 33.3. The number of nitrogens with two attached hydrogens (primary N) is 1. The average Bonchev–Trinajstić information content (AvgIpc) is 3.54. The zero-order valence-electron chi connectivity index (χ0n) is 26.6. The third-order valence-electron chi connectivity index (χ3n) is 9.50. The molecular weight excluding hydrogens is 599 g/mol. The van der Waals surface area contributed by atoms with Gasteiger partial charge in [-0.2, -0.15) is 8.42 Å². The molecule has 3 aliphatic rings. The monoisotopic (exact) mass is 645 g/mol. The van der Waals surface area contributed by atoms with Crippen LogP contribution in [0.1, 0.15) is 53.3 Å². The van der Waals surface area contributed by atoms with E-state index in [2.05, 4.69) is 33.9 Å². The predicted octanol–water partition coefficient (Wildman–Crippen LogP) is 2.93. The van der Waals surface area contributed by atoms with Crippen LogP contribution in [0.2, 0.25) is 36.3 Å². The van der Waals surface area contributed by atoms with E-state index in [-0.39, 0.29) is 35.0 Å². The van der Waals surface area contributed by atoms with Crippen LogP contribution in [-0.4, -0.2) is 71.3 Å². The van der Waals surface area contributed by atoms with E-state index >= 15 is 0 Å². The maximum Gasteiger partial charge on any atom is 0.333 e. The maximum atomic E-state index is 13.9. The highest BCUT2D eigenvalue weighted by Crippen LogP contribution is 2.52. The summed E-state index contributed by atoms with van der Waals surface area (Å²) in [5, 5.41) is 0.445. The van der Waals surface area contributed by atoms with Crippen molar-refractivity contribution in [2.24, 2.45) is 5.73 Å². The van der Waals surface area contributed by atoms with Gasteiger partial charge in [0.1, 0.15) is 12.2 Å². The molecule has 12 nitrogen and oxygen atoms in total. The van der Waals surface area contributed by atoms with E-state index in [9.17, 15) is 18.0 Å². The molecule has 1 aromatic heterocycles. The zero-order chi connectivity index (χ0) is 31.8. The van der Waals surface area contributed by atoms with E-state index in [4.69, 9.17) is 28.2 Å². The van der Waals surface area contributed by atoms with E-state index in [1.165, 1.54) is 10.8 Å². The number of ether oxygens (including phenoxy) is 2. The summed E-state index contributed by atoms with van der Waals surface area (Å²) >= 11 is 0. The summed E-state index contributed by atoms with van der Waals surface area (Å²) in [4.78, 5) is 26.9. The number of rotatable bonds is 8. The van der Waals surface area contributed by atoms with Crippen molar-refractivity contribution >= 4 is 26.8 Å². The van der Waals surface area contributed by atoms with Crippen LogP contribution >= 0.6 is 0 Å². The summed E-state index contributed by atoms with van der Waals surface area (Å²) in [7, 11) is -9.24. The molecule has 2 saturated heterocycles. The molecule has 1 spiro atoms. The molecule has 2 fully saturated rings. The number of epoxide rings is 1. The van der Waals surface area contributed by atoms with Gasteiger partial charge in [0.05, 0.1) is 37.0 Å². The van der Waals surface area contributed by atoms with Gasteiger partial charge in [-0.15, -0.1) is 0 Å². The van der Waals surface area contributed by atoms with Crippen molar-refractivity contribution < 1.29 is 30.9 Å². The Hall–Kier alpha value is -1.60. The zero-order valence-corrected chi connectivity index (χ0v) is 29.5. The lowest BCUT2D eigenvalue weighted by Gasteiger charge is -2.43. The quantitative estimate of drug-likeness (QED) is 0.254. The van der Waals surface area contributed by atoms with Gasteiger partial charge < -0.3 is 24.1 Å². The summed E-state index contributed by atoms with van der Waals surface area (Å²) in [6.07, 6.45) is -2.17. The van der Waals surface area contributed by atoms with Crippen LogP contribution < -0.4 is 17.0 Å². The number of hydrogen-bond donors (Lipinski definition) is 1. The van der Waals surface area contributed by atoms with Gasteiger partial charge in [-0.25, -0.2) is 8.98 Å². The van der Waals surface area contributed by atoms with Crippen LogP contribution in [0.4, 0.5) is 0 Å². The van der Waals surface area contributed by atoms with Crippen molar-refractivity contribution in [3.05, 3.63) is 43.7 Å². The van der Waals surface area contributed by atoms with E-state index in [1.54, 1.807) is 6.92 Å². The number of aryl methyl sites for hydroxylation is 1. The topological polar surface area (TPSA) is 154 Å². The summed E-state index contributed by atoms with van der Waals surface area (Å²) in [5.41, 5.74) is 3.90. The van der Waals surface area contributed by atoms with Crippen molar-refractivity contribution in [3.8, 4) is 0 Å². The van der Waals surface area contributed by atoms with E-state index in [1.807, 2.05) is 33.9 Å². The molecular formula is C27H47N3O9SSi2. The Kier molecular flexibility index (Phi) is 8.32. The van der Waals surface area contributed by atoms with Gasteiger partial charge in [-0.05, 0) is 43.2 Å². The first-order valence-corrected chi connectivity index (χ1v) is 21.6. The molecule has 4 heterocycles. The van der Waals surface area contributed by atoms with Crippen molar-refractivity contribution in [1.82, 2.24) is 9.13 Å². The minimum atomic E-state index is -4.21. The highest BCUT2D eigenvalue weighted by Gasteiger charge is 2.67. The Morgan fingerprint density at radius 3 is 2.12 bits per heavy atom. The summed E-state index contributed by atoms with van der Waals surface area (Å²) in [6, 6.07) is 0. The van der Waals surface area contributed by atoms with Crippen LogP contribution in [0.3, 0.4) is 0 Å². The van der Waals surface area contributed by atoms with Crippen LogP contribution in [0.5, 0.6) is 0 Å². The molecule has 238 valence electrons. The SMILES string of the molecule is Cc1cn(C2OC(CO[Si](C)(C)C(C)(C)C)C3(OS(=O)(=O)C=C3N)C2O[Si](C)(C)C(C)(C)C)c(=O)n(CC2CO2)c1=O. The highest BCUT2D eigenvalue weighted by atomic mass is 32.2. The van der Waals surface area contributed by atoms with Crippen molar-refractivity contribution in [2.45, 2.75) is 121 Å². The van der Waals surface area contributed by atoms with Crippen LogP contribution in [0.25, 0.3) is 0 Å². The fourth-order valence-electron chi connectivity index (χ4n) is 4.69. The standard InChI is InChI=1S/C27H47N3O9SSi2/c1-17-12-30(24(32)29(22(17)31)13-18-14-35-18)23-21(38-42(10,11)26(5,6)7)27(19(28)16-40(33,34)39-27)20(37-23)15-36-41(8,9)25(2,3)4/h12,16,18,20-21,23H,13-15,28H2,1-11H3. The van der Waals surface area contributed by atoms with Crippen LogP contribution in [0.15, 0.2) is 26.9 Å². The normalized spacial score (nSPS) is 29.7. The molecule has 42 heavy (non-hydrogen) atoms. The molecule has 3 aliphatic heterocycles. The molecule has 0 amide bonds. The summed E-state index contributed by atoms with van der Waals surface area (Å²) < 4.78 is 59.5. The minimum Gasteiger partial charge on any atom is -0.414 e. The fourth-order valence-corrected chi connectivity index (χ4v) is 8.20. The second kappa shape index (κ2) is 10.5. The predicted molar refractivity (Wildman–Crippen MR) is 164 cm³/mol. The summed E-state index contributed by atoms with van der Waals surface area (Å²) in [6.45, 7) is 22.7. The summed E-state index contributed by atoms with van der Waals surface area (Å²) in [5.74, 6) is 0. The van der Waals surface area contributed by atoms with E-state index in [0.717, 1.165) is 9.98 Å².